The summed E-state index contributed by atoms with van der Waals surface area (Å²) >= 11 is 0. The fourth-order valence-electron chi connectivity index (χ4n) is 5.05. The maximum absolute atomic E-state index is 12.8. The van der Waals surface area contributed by atoms with Gasteiger partial charge in [0.2, 0.25) is 0 Å². The molecule has 0 heterocycles. The molecule has 0 rings (SSSR count). The van der Waals surface area contributed by atoms with Crippen LogP contribution in [0.25, 0.3) is 0 Å². The molecule has 4 heteroatoms. The van der Waals surface area contributed by atoms with E-state index in [9.17, 15) is 9.59 Å². The Hall–Kier alpha value is -1.06. The average Bonchev–Trinajstić information content (AvgIpc) is 2.91. The fraction of sp³-hybridized carbons (Fsp3) is 0.939. The van der Waals surface area contributed by atoms with Crippen LogP contribution in [0, 0.1) is 5.41 Å². The van der Waals surface area contributed by atoms with Crippen LogP contribution in [0.1, 0.15) is 182 Å². The number of rotatable bonds is 28. The van der Waals surface area contributed by atoms with Crippen LogP contribution in [0.2, 0.25) is 0 Å². The Labute approximate surface area is 231 Å². The topological polar surface area (TPSA) is 52.6 Å². The zero-order chi connectivity index (χ0) is 27.5. The maximum Gasteiger partial charge on any atom is 0.323 e. The molecule has 37 heavy (non-hydrogen) atoms. The number of hydrogen-bond acceptors (Lipinski definition) is 4. The molecule has 0 bridgehead atoms. The molecule has 0 saturated carbocycles. The van der Waals surface area contributed by atoms with Crippen LogP contribution in [0.5, 0.6) is 0 Å². The van der Waals surface area contributed by atoms with E-state index in [0.29, 0.717) is 26.1 Å². The van der Waals surface area contributed by atoms with E-state index in [0.717, 1.165) is 25.7 Å². The van der Waals surface area contributed by atoms with Gasteiger partial charge in [0.05, 0.1) is 13.2 Å². The van der Waals surface area contributed by atoms with E-state index in [1.165, 1.54) is 116 Å². The smallest absolute Gasteiger partial charge is 0.323 e. The Morgan fingerprint density at radius 2 is 0.649 bits per heavy atom. The van der Waals surface area contributed by atoms with Gasteiger partial charge in [-0.3, -0.25) is 9.59 Å². The summed E-state index contributed by atoms with van der Waals surface area (Å²) in [5.74, 6) is -0.790. The van der Waals surface area contributed by atoms with Crippen molar-refractivity contribution in [2.75, 3.05) is 13.2 Å². The van der Waals surface area contributed by atoms with Gasteiger partial charge < -0.3 is 9.47 Å². The molecule has 0 aromatic rings. The molecule has 0 aromatic heterocycles. The van der Waals surface area contributed by atoms with Crippen LogP contribution >= 0.6 is 0 Å². The van der Waals surface area contributed by atoms with E-state index in [1.54, 1.807) is 0 Å². The van der Waals surface area contributed by atoms with Gasteiger partial charge in [0.1, 0.15) is 0 Å². The van der Waals surface area contributed by atoms with Crippen molar-refractivity contribution in [2.24, 2.45) is 5.41 Å². The average molecular weight is 525 g/mol. The lowest BCUT2D eigenvalue weighted by molar-refractivity contribution is -0.173. The first kappa shape index (κ1) is 35.9. The normalized spacial score (nSPS) is 11.6. The minimum Gasteiger partial charge on any atom is -0.465 e. The highest BCUT2D eigenvalue weighted by atomic mass is 16.6. The molecule has 4 nitrogen and oxygen atoms in total. The Bertz CT molecular complexity index is 512. The molecule has 0 radical (unpaired) electrons. The van der Waals surface area contributed by atoms with Gasteiger partial charge in [0, 0.05) is 0 Å². The van der Waals surface area contributed by atoms with Gasteiger partial charge in [-0.25, -0.2) is 0 Å². The Morgan fingerprint density at radius 1 is 0.405 bits per heavy atom. The summed E-state index contributed by atoms with van der Waals surface area (Å²) in [6.07, 6.45) is 28.6. The van der Waals surface area contributed by atoms with Crippen LogP contribution in [-0.4, -0.2) is 25.2 Å². The largest absolute Gasteiger partial charge is 0.465 e. The monoisotopic (exact) mass is 524 g/mol. The van der Waals surface area contributed by atoms with Gasteiger partial charge in [-0.15, -0.1) is 0 Å². The molecule has 220 valence electrons. The summed E-state index contributed by atoms with van der Waals surface area (Å²) in [5.41, 5.74) is -1.14. The summed E-state index contributed by atoms with van der Waals surface area (Å²) < 4.78 is 11.1. The molecule has 0 aliphatic heterocycles. The van der Waals surface area contributed by atoms with Crippen LogP contribution in [0.4, 0.5) is 0 Å². The van der Waals surface area contributed by atoms with Gasteiger partial charge in [-0.1, -0.05) is 156 Å². The first-order chi connectivity index (χ1) is 18.1. The fourth-order valence-corrected chi connectivity index (χ4v) is 5.05. The van der Waals surface area contributed by atoms with Crippen molar-refractivity contribution in [3.05, 3.63) is 0 Å². The second kappa shape index (κ2) is 26.5. The molecule has 0 spiro atoms. The maximum atomic E-state index is 12.8. The van der Waals surface area contributed by atoms with Crippen LogP contribution < -0.4 is 0 Å². The second-order valence-corrected chi connectivity index (χ2v) is 11.1. The zero-order valence-electron chi connectivity index (χ0n) is 25.5. The predicted molar refractivity (Wildman–Crippen MR) is 158 cm³/mol. The standard InChI is InChI=1S/C33H64O4/c1-5-9-11-13-15-17-19-20-22-24-26-28-30-37-32(35)33(7-3,8-4)31(34)36-29-27-25-23-21-18-16-14-12-10-6-2/h5-30H2,1-4H3. The van der Waals surface area contributed by atoms with Gasteiger partial charge in [-0.05, 0) is 25.7 Å². The molecular formula is C33H64O4. The molecule has 0 aliphatic carbocycles. The molecule has 0 aromatic carbocycles. The van der Waals surface area contributed by atoms with Crippen molar-refractivity contribution < 1.29 is 19.1 Å². The molecule has 0 aliphatic rings. The van der Waals surface area contributed by atoms with Crippen LogP contribution in [-0.2, 0) is 19.1 Å². The highest BCUT2D eigenvalue weighted by molar-refractivity contribution is 5.99. The summed E-state index contributed by atoms with van der Waals surface area (Å²) in [7, 11) is 0. The Balaban J connectivity index is 3.91. The minimum absolute atomic E-state index is 0.395. The highest BCUT2D eigenvalue weighted by Gasteiger charge is 2.45. The summed E-state index contributed by atoms with van der Waals surface area (Å²) in [4.78, 5) is 25.7. The third-order valence-electron chi connectivity index (χ3n) is 7.95. The number of carbonyl (C=O) groups excluding carboxylic acids is 2. The van der Waals surface area contributed by atoms with E-state index in [1.807, 2.05) is 13.8 Å². The van der Waals surface area contributed by atoms with Gasteiger partial charge in [0.15, 0.2) is 5.41 Å². The van der Waals surface area contributed by atoms with E-state index in [2.05, 4.69) is 13.8 Å². The molecule has 0 amide bonds. The highest BCUT2D eigenvalue weighted by Crippen LogP contribution is 2.30. The number of carbonyl (C=O) groups is 2. The molecule has 0 saturated heterocycles. The number of ether oxygens (including phenoxy) is 2. The lowest BCUT2D eigenvalue weighted by atomic mass is 9.82. The van der Waals surface area contributed by atoms with E-state index < -0.39 is 17.4 Å². The number of esters is 2. The molecule has 0 atom stereocenters. The molecular weight excluding hydrogens is 460 g/mol. The van der Waals surface area contributed by atoms with Gasteiger partial charge in [-0.2, -0.15) is 0 Å². The van der Waals surface area contributed by atoms with E-state index >= 15 is 0 Å². The lowest BCUT2D eigenvalue weighted by Gasteiger charge is -2.27. The first-order valence-electron chi connectivity index (χ1n) is 16.4. The van der Waals surface area contributed by atoms with Crippen molar-refractivity contribution in [1.29, 1.82) is 0 Å². The minimum atomic E-state index is -1.14. The van der Waals surface area contributed by atoms with Crippen molar-refractivity contribution in [2.45, 2.75) is 182 Å². The van der Waals surface area contributed by atoms with Gasteiger partial charge in [0.25, 0.3) is 0 Å². The molecule has 0 unspecified atom stereocenters. The van der Waals surface area contributed by atoms with Crippen molar-refractivity contribution in [3.63, 3.8) is 0 Å². The van der Waals surface area contributed by atoms with E-state index in [-0.39, 0.29) is 0 Å². The van der Waals surface area contributed by atoms with Crippen molar-refractivity contribution in [1.82, 2.24) is 0 Å². The van der Waals surface area contributed by atoms with Crippen LogP contribution in [0.15, 0.2) is 0 Å². The Morgan fingerprint density at radius 3 is 0.892 bits per heavy atom. The van der Waals surface area contributed by atoms with Crippen LogP contribution in [0.3, 0.4) is 0 Å². The quantitative estimate of drug-likeness (QED) is 0.0580. The first-order valence-corrected chi connectivity index (χ1v) is 16.4. The lowest BCUT2D eigenvalue weighted by Crippen LogP contribution is -2.41. The third kappa shape index (κ3) is 18.8. The summed E-state index contributed by atoms with van der Waals surface area (Å²) in [6.45, 7) is 9.10. The molecule has 0 fully saturated rings. The Kier molecular flexibility index (Phi) is 25.8. The van der Waals surface area contributed by atoms with Gasteiger partial charge >= 0.3 is 11.9 Å². The van der Waals surface area contributed by atoms with Crippen molar-refractivity contribution in [3.8, 4) is 0 Å². The number of hydrogen-bond donors (Lipinski definition) is 0. The number of unbranched alkanes of at least 4 members (excludes halogenated alkanes) is 20. The molecule has 0 N–H and O–H groups in total. The zero-order valence-corrected chi connectivity index (χ0v) is 25.5. The summed E-state index contributed by atoms with van der Waals surface area (Å²) in [5, 5.41) is 0. The SMILES string of the molecule is CCCCCCCCCCCCCCOC(=O)C(CC)(CC)C(=O)OCCCCCCCCCCCC. The van der Waals surface area contributed by atoms with Crippen molar-refractivity contribution >= 4 is 11.9 Å². The third-order valence-corrected chi connectivity index (χ3v) is 7.95. The summed E-state index contributed by atoms with van der Waals surface area (Å²) in [6, 6.07) is 0. The van der Waals surface area contributed by atoms with E-state index in [4.69, 9.17) is 9.47 Å². The second-order valence-electron chi connectivity index (χ2n) is 11.1. The predicted octanol–water partition coefficient (Wildman–Crippen LogP) is 10.5.